The summed E-state index contributed by atoms with van der Waals surface area (Å²) in [4.78, 5) is 4.90. The third-order valence-electron chi connectivity index (χ3n) is 15.4. The van der Waals surface area contributed by atoms with E-state index in [-0.39, 0.29) is 33.8 Å². The summed E-state index contributed by atoms with van der Waals surface area (Å²) in [6.07, 6.45) is 3.29. The van der Waals surface area contributed by atoms with Gasteiger partial charge in [0.15, 0.2) is 0 Å². The standard InChI is InChI=1S/C58H65BN2/c1-35-26-51-53-52(27-35)61(48-32-44-41(29-37(48)3)57(11,12)34-58(44,13)14)50-33-43-42(55(7,8)24-25-56(43,9)10)31-46(50)59(53)45-22-20-39(38-18-16-15-17-19-38)30-49(45)60(51)47-23-21-40(28-36(47)2)54(4,5)6/h15-23,26-33H,24-25,34H2,1-14H3/i1D3. The molecule has 2 aliphatic heterocycles. The number of fused-ring (bicyclic) bond motifs is 6. The van der Waals surface area contributed by atoms with E-state index in [1.54, 1.807) is 0 Å². The van der Waals surface area contributed by atoms with E-state index in [0.29, 0.717) is 5.56 Å². The first-order chi connectivity index (χ1) is 29.8. The van der Waals surface area contributed by atoms with Crippen molar-refractivity contribution in [1.29, 1.82) is 0 Å². The van der Waals surface area contributed by atoms with Gasteiger partial charge in [-0.25, -0.2) is 0 Å². The Morgan fingerprint density at radius 2 is 1.07 bits per heavy atom. The second-order valence-corrected chi connectivity index (χ2v) is 22.8. The molecular formula is C58H65BN2. The predicted molar refractivity (Wildman–Crippen MR) is 265 cm³/mol. The van der Waals surface area contributed by atoms with Gasteiger partial charge in [0.2, 0.25) is 0 Å². The number of hydrogen-bond donors (Lipinski definition) is 0. The molecule has 6 aromatic rings. The molecule has 0 amide bonds. The number of rotatable bonds is 3. The first-order valence-electron chi connectivity index (χ1n) is 24.2. The molecule has 3 heteroatoms. The largest absolute Gasteiger partial charge is 0.311 e. The molecule has 0 saturated carbocycles. The summed E-state index contributed by atoms with van der Waals surface area (Å²) in [7, 11) is 0. The fraction of sp³-hybridized carbons (Fsp3) is 0.379. The molecule has 2 nitrogen and oxygen atoms in total. The van der Waals surface area contributed by atoms with Gasteiger partial charge in [0.05, 0.1) is 0 Å². The quantitative estimate of drug-likeness (QED) is 0.164. The first-order valence-corrected chi connectivity index (χ1v) is 22.7. The van der Waals surface area contributed by atoms with E-state index in [0.717, 1.165) is 75.5 Å². The van der Waals surface area contributed by atoms with Crippen LogP contribution in [0, 0.1) is 20.7 Å². The van der Waals surface area contributed by atoms with Crippen LogP contribution < -0.4 is 26.2 Å². The molecule has 0 aromatic heterocycles. The molecule has 0 atom stereocenters. The van der Waals surface area contributed by atoms with Crippen LogP contribution in [0.3, 0.4) is 0 Å². The van der Waals surface area contributed by atoms with Gasteiger partial charge in [-0.05, 0) is 175 Å². The Kier molecular flexibility index (Phi) is 7.81. The van der Waals surface area contributed by atoms with Gasteiger partial charge in [0, 0.05) is 38.2 Å². The summed E-state index contributed by atoms with van der Waals surface area (Å²) < 4.78 is 27.3. The maximum Gasteiger partial charge on any atom is 0.252 e. The lowest BCUT2D eigenvalue weighted by Crippen LogP contribution is -2.62. The minimum absolute atomic E-state index is 0.00928. The monoisotopic (exact) mass is 804 g/mol. The maximum absolute atomic E-state index is 9.10. The number of benzene rings is 6. The Bertz CT molecular complexity index is 2930. The molecule has 2 heterocycles. The Labute approximate surface area is 371 Å². The smallest absolute Gasteiger partial charge is 0.252 e. The van der Waals surface area contributed by atoms with Crippen molar-refractivity contribution in [3.8, 4) is 11.1 Å². The van der Waals surface area contributed by atoms with Crippen molar-refractivity contribution in [2.45, 2.75) is 143 Å². The summed E-state index contributed by atoms with van der Waals surface area (Å²) in [5.41, 5.74) is 21.9. The molecular weight excluding hydrogens is 735 g/mol. The van der Waals surface area contributed by atoms with Crippen molar-refractivity contribution in [3.05, 3.63) is 148 Å². The van der Waals surface area contributed by atoms with Crippen LogP contribution in [-0.4, -0.2) is 6.71 Å². The summed E-state index contributed by atoms with van der Waals surface area (Å²) in [6, 6.07) is 38.6. The molecule has 10 rings (SSSR count). The van der Waals surface area contributed by atoms with E-state index in [1.165, 1.54) is 44.3 Å². The second-order valence-electron chi connectivity index (χ2n) is 22.8. The fourth-order valence-electron chi connectivity index (χ4n) is 12.1. The van der Waals surface area contributed by atoms with Crippen LogP contribution in [0.5, 0.6) is 0 Å². The van der Waals surface area contributed by atoms with Crippen molar-refractivity contribution < 1.29 is 4.11 Å². The summed E-state index contributed by atoms with van der Waals surface area (Å²) in [5.74, 6) is 0. The zero-order valence-corrected chi connectivity index (χ0v) is 38.9. The molecule has 0 spiro atoms. The molecule has 0 radical (unpaired) electrons. The molecule has 0 N–H and O–H groups in total. The van der Waals surface area contributed by atoms with Gasteiger partial charge in [-0.2, -0.15) is 0 Å². The molecule has 4 aliphatic rings. The minimum atomic E-state index is -2.35. The molecule has 0 unspecified atom stereocenters. The highest BCUT2D eigenvalue weighted by atomic mass is 15.2. The predicted octanol–water partition coefficient (Wildman–Crippen LogP) is 14.0. The van der Waals surface area contributed by atoms with Crippen molar-refractivity contribution in [2.24, 2.45) is 0 Å². The zero-order chi connectivity index (χ0) is 45.8. The minimum Gasteiger partial charge on any atom is -0.311 e. The van der Waals surface area contributed by atoms with E-state index >= 15 is 0 Å². The fourth-order valence-corrected chi connectivity index (χ4v) is 12.1. The molecule has 2 aliphatic carbocycles. The van der Waals surface area contributed by atoms with E-state index < -0.39 is 6.85 Å². The zero-order valence-electron chi connectivity index (χ0n) is 41.9. The number of hydrogen-bond acceptors (Lipinski definition) is 2. The Hall–Kier alpha value is -5.02. The normalized spacial score (nSPS) is 19.5. The van der Waals surface area contributed by atoms with Gasteiger partial charge in [0.1, 0.15) is 0 Å². The van der Waals surface area contributed by atoms with Gasteiger partial charge in [0.25, 0.3) is 6.71 Å². The summed E-state index contributed by atoms with van der Waals surface area (Å²) >= 11 is 0. The average Bonchev–Trinajstić information content (AvgIpc) is 3.39. The van der Waals surface area contributed by atoms with Crippen LogP contribution in [0.15, 0.2) is 103 Å². The third kappa shape index (κ3) is 6.03. The van der Waals surface area contributed by atoms with Crippen LogP contribution in [0.25, 0.3) is 11.1 Å². The van der Waals surface area contributed by atoms with E-state index in [9.17, 15) is 0 Å². The molecule has 6 aromatic carbocycles. The van der Waals surface area contributed by atoms with Crippen LogP contribution in [0.4, 0.5) is 34.1 Å². The number of nitrogens with zero attached hydrogens (tertiary/aromatic N) is 2. The van der Waals surface area contributed by atoms with E-state index in [4.69, 9.17) is 4.11 Å². The topological polar surface area (TPSA) is 6.48 Å². The van der Waals surface area contributed by atoms with Crippen molar-refractivity contribution in [1.82, 2.24) is 0 Å². The lowest BCUT2D eigenvalue weighted by Gasteiger charge is -2.48. The lowest BCUT2D eigenvalue weighted by molar-refractivity contribution is 0.332. The SMILES string of the molecule is [2H]C([2H])([2H])c1cc2c3c(c1)N(c1cc4c(cc1C)C(C)(C)CC4(C)C)c1cc4c(cc1B3c1ccc(-c3ccccc3)cc1N2c1ccc(C(C)(C)C)cc1C)C(C)(C)CCC4(C)C. The van der Waals surface area contributed by atoms with Gasteiger partial charge in [-0.15, -0.1) is 0 Å². The molecule has 0 fully saturated rings. The third-order valence-corrected chi connectivity index (χ3v) is 15.4. The summed E-state index contributed by atoms with van der Waals surface area (Å²) in [6.45, 7) is 28.0. The number of anilines is 6. The molecule has 310 valence electrons. The lowest BCUT2D eigenvalue weighted by atomic mass is 9.33. The van der Waals surface area contributed by atoms with Gasteiger partial charge in [-0.3, -0.25) is 0 Å². The van der Waals surface area contributed by atoms with Crippen molar-refractivity contribution in [2.75, 3.05) is 9.80 Å². The van der Waals surface area contributed by atoms with Gasteiger partial charge in [-0.1, -0.05) is 143 Å². The highest BCUT2D eigenvalue weighted by molar-refractivity contribution is 7.00. The Morgan fingerprint density at radius 3 is 1.69 bits per heavy atom. The average molecular weight is 804 g/mol. The van der Waals surface area contributed by atoms with Crippen LogP contribution in [-0.2, 0) is 27.1 Å². The molecule has 61 heavy (non-hydrogen) atoms. The molecule has 0 bridgehead atoms. The van der Waals surface area contributed by atoms with Crippen LogP contribution in [0.1, 0.15) is 144 Å². The Morgan fingerprint density at radius 1 is 0.508 bits per heavy atom. The molecule has 0 saturated heterocycles. The van der Waals surface area contributed by atoms with E-state index in [1.807, 2.05) is 12.1 Å². The van der Waals surface area contributed by atoms with Crippen LogP contribution >= 0.6 is 0 Å². The Balaban J connectivity index is 1.36. The highest BCUT2D eigenvalue weighted by Gasteiger charge is 2.48. The van der Waals surface area contributed by atoms with Gasteiger partial charge >= 0.3 is 0 Å². The second kappa shape index (κ2) is 13.0. The van der Waals surface area contributed by atoms with Crippen molar-refractivity contribution >= 4 is 57.2 Å². The van der Waals surface area contributed by atoms with Gasteiger partial charge < -0.3 is 9.80 Å². The van der Waals surface area contributed by atoms with Crippen LogP contribution in [0.2, 0.25) is 0 Å². The van der Waals surface area contributed by atoms with E-state index in [2.05, 4.69) is 191 Å². The summed E-state index contributed by atoms with van der Waals surface area (Å²) in [5, 5.41) is 0. The maximum atomic E-state index is 9.10. The van der Waals surface area contributed by atoms with Crippen molar-refractivity contribution in [3.63, 3.8) is 0 Å². The highest BCUT2D eigenvalue weighted by Crippen LogP contribution is 2.55. The number of aryl methyl sites for hydroxylation is 3. The first kappa shape index (κ1) is 36.6.